The zero-order valence-electron chi connectivity index (χ0n) is 10.5. The lowest BCUT2D eigenvalue weighted by Gasteiger charge is -2.26. The van der Waals surface area contributed by atoms with E-state index in [1.165, 1.54) is 0 Å². The van der Waals surface area contributed by atoms with Gasteiger partial charge in [-0.05, 0) is 26.9 Å². The van der Waals surface area contributed by atoms with Crippen molar-refractivity contribution in [3.8, 4) is 0 Å². The Morgan fingerprint density at radius 2 is 2.17 bits per heavy atom. The summed E-state index contributed by atoms with van der Waals surface area (Å²) in [7, 11) is -0.764. The summed E-state index contributed by atoms with van der Waals surface area (Å²) < 4.78 is 19.1. The molecule has 1 fully saturated rings. The summed E-state index contributed by atoms with van der Waals surface area (Å²) in [6.07, 6.45) is 1.19. The number of likely N-dealkylation sites (tertiary alicyclic amines) is 1. The number of phosphoric ester groups is 1. The molecule has 1 amide bonds. The number of likely N-dealkylation sites (N-methyl/N-ethyl adjacent to an activating group) is 1. The second-order valence-corrected chi connectivity index (χ2v) is 5.64. The molecule has 9 heteroatoms. The number of rotatable bonds is 5. The molecule has 1 rings (SSSR count). The first-order chi connectivity index (χ1) is 8.29. The molecule has 1 saturated heterocycles. The number of hydrogen-bond donors (Lipinski definition) is 2. The van der Waals surface area contributed by atoms with E-state index in [9.17, 15) is 9.36 Å². The smallest absolute Gasteiger partial charge is 0.422 e. The Kier molecular flexibility index (Phi) is 5.55. The highest BCUT2D eigenvalue weighted by molar-refractivity contribution is 7.46. The van der Waals surface area contributed by atoms with Crippen LogP contribution in [-0.2, 0) is 13.8 Å². The van der Waals surface area contributed by atoms with Crippen molar-refractivity contribution in [3.05, 3.63) is 0 Å². The molecule has 0 saturated carbocycles. The Morgan fingerprint density at radius 3 is 2.72 bits per heavy atom. The average molecular weight is 282 g/mol. The standard InChI is InChI=1S/C9H19N2O6P/c1-10(2)6-8-4-3-5-11(8)9(12)16-7-17-18(13,14)15/h8H,3-7H2,1-2H3,(H2,13,14,15). The highest BCUT2D eigenvalue weighted by atomic mass is 31.2. The Morgan fingerprint density at radius 1 is 1.50 bits per heavy atom. The number of nitrogens with zero attached hydrogens (tertiary/aromatic N) is 2. The predicted molar refractivity (Wildman–Crippen MR) is 62.8 cm³/mol. The molecule has 1 aliphatic heterocycles. The van der Waals surface area contributed by atoms with Crippen molar-refractivity contribution in [2.24, 2.45) is 0 Å². The van der Waals surface area contributed by atoms with Crippen molar-refractivity contribution < 1.29 is 28.4 Å². The van der Waals surface area contributed by atoms with E-state index in [4.69, 9.17) is 9.79 Å². The average Bonchev–Trinajstić information content (AvgIpc) is 2.62. The first-order valence-electron chi connectivity index (χ1n) is 5.58. The number of hydrogen-bond acceptors (Lipinski definition) is 5. The topological polar surface area (TPSA) is 99.5 Å². The largest absolute Gasteiger partial charge is 0.472 e. The van der Waals surface area contributed by atoms with E-state index < -0.39 is 20.7 Å². The molecule has 1 atom stereocenters. The monoisotopic (exact) mass is 282 g/mol. The van der Waals surface area contributed by atoms with Gasteiger partial charge in [-0.3, -0.25) is 0 Å². The van der Waals surface area contributed by atoms with E-state index in [-0.39, 0.29) is 6.04 Å². The SMILES string of the molecule is CN(C)CC1CCCN1C(=O)OCOP(=O)(O)O. The fraction of sp³-hybridized carbons (Fsp3) is 0.889. The minimum atomic E-state index is -4.60. The molecule has 18 heavy (non-hydrogen) atoms. The third-order valence-electron chi connectivity index (χ3n) is 2.59. The van der Waals surface area contributed by atoms with Gasteiger partial charge in [-0.1, -0.05) is 0 Å². The Balaban J connectivity index is 2.38. The van der Waals surface area contributed by atoms with Crippen LogP contribution in [0.25, 0.3) is 0 Å². The van der Waals surface area contributed by atoms with E-state index in [2.05, 4.69) is 9.26 Å². The maximum absolute atomic E-state index is 11.7. The summed E-state index contributed by atoms with van der Waals surface area (Å²) in [5.41, 5.74) is 0. The normalized spacial score (nSPS) is 20.5. The molecule has 0 radical (unpaired) electrons. The number of carbonyl (C=O) groups is 1. The van der Waals surface area contributed by atoms with Crippen molar-refractivity contribution in [3.63, 3.8) is 0 Å². The van der Waals surface area contributed by atoms with Crippen molar-refractivity contribution in [2.45, 2.75) is 18.9 Å². The van der Waals surface area contributed by atoms with E-state index >= 15 is 0 Å². The van der Waals surface area contributed by atoms with Gasteiger partial charge in [0.25, 0.3) is 0 Å². The van der Waals surface area contributed by atoms with Crippen LogP contribution in [0.3, 0.4) is 0 Å². The van der Waals surface area contributed by atoms with Gasteiger partial charge in [0.2, 0.25) is 6.79 Å². The molecular weight excluding hydrogens is 263 g/mol. The quantitative estimate of drug-likeness (QED) is 0.549. The maximum atomic E-state index is 11.7. The zero-order valence-corrected chi connectivity index (χ0v) is 11.4. The highest BCUT2D eigenvalue weighted by Gasteiger charge is 2.30. The molecule has 0 bridgehead atoms. The number of amides is 1. The molecule has 8 nitrogen and oxygen atoms in total. The van der Waals surface area contributed by atoms with Crippen LogP contribution in [0.2, 0.25) is 0 Å². The minimum absolute atomic E-state index is 0.0718. The number of phosphoric acid groups is 1. The van der Waals surface area contributed by atoms with Gasteiger partial charge in [-0.25, -0.2) is 13.9 Å². The lowest BCUT2D eigenvalue weighted by atomic mass is 10.2. The molecule has 106 valence electrons. The molecule has 0 aromatic rings. The minimum Gasteiger partial charge on any atom is -0.422 e. The summed E-state index contributed by atoms with van der Waals surface area (Å²) in [6.45, 7) is 0.579. The second kappa shape index (κ2) is 6.49. The summed E-state index contributed by atoms with van der Waals surface area (Å²) in [4.78, 5) is 32.1. The molecule has 1 aliphatic rings. The number of carbonyl (C=O) groups excluding carboxylic acids is 1. The Bertz CT molecular complexity index is 331. The molecule has 2 N–H and O–H groups in total. The van der Waals surface area contributed by atoms with Crippen LogP contribution in [-0.4, -0.2) is 65.7 Å². The van der Waals surface area contributed by atoms with Gasteiger partial charge >= 0.3 is 13.9 Å². The lowest BCUT2D eigenvalue weighted by molar-refractivity contribution is 0.0172. The predicted octanol–water partition coefficient (Wildman–Crippen LogP) is 0.216. The summed E-state index contributed by atoms with van der Waals surface area (Å²) >= 11 is 0. The Hall–Kier alpha value is -0.660. The second-order valence-electron chi connectivity index (χ2n) is 4.40. The maximum Gasteiger partial charge on any atom is 0.472 e. The van der Waals surface area contributed by atoms with Crippen LogP contribution in [0.4, 0.5) is 4.79 Å². The summed E-state index contributed by atoms with van der Waals surface area (Å²) in [6, 6.07) is 0.0718. The molecule has 0 aliphatic carbocycles. The molecule has 1 heterocycles. The molecule has 0 aromatic carbocycles. The van der Waals surface area contributed by atoms with Crippen molar-refractivity contribution >= 4 is 13.9 Å². The van der Waals surface area contributed by atoms with E-state index in [0.29, 0.717) is 6.54 Å². The van der Waals surface area contributed by atoms with Gasteiger partial charge in [0.05, 0.1) is 0 Å². The lowest BCUT2D eigenvalue weighted by Crippen LogP contribution is -2.41. The molecular formula is C9H19N2O6P. The molecule has 0 aromatic heterocycles. The van der Waals surface area contributed by atoms with E-state index in [0.717, 1.165) is 19.4 Å². The van der Waals surface area contributed by atoms with Gasteiger partial charge in [-0.2, -0.15) is 0 Å². The van der Waals surface area contributed by atoms with Crippen LogP contribution >= 0.6 is 7.82 Å². The van der Waals surface area contributed by atoms with Gasteiger partial charge in [0, 0.05) is 19.1 Å². The first-order valence-corrected chi connectivity index (χ1v) is 7.11. The van der Waals surface area contributed by atoms with Gasteiger partial charge in [0.1, 0.15) is 0 Å². The van der Waals surface area contributed by atoms with Crippen LogP contribution in [0.1, 0.15) is 12.8 Å². The van der Waals surface area contributed by atoms with Gasteiger partial charge in [0.15, 0.2) is 0 Å². The summed E-state index contributed by atoms with van der Waals surface area (Å²) in [5, 5.41) is 0. The third-order valence-corrected chi connectivity index (χ3v) is 3.03. The van der Waals surface area contributed by atoms with Crippen LogP contribution in [0.5, 0.6) is 0 Å². The zero-order chi connectivity index (χ0) is 13.8. The van der Waals surface area contributed by atoms with Crippen LogP contribution in [0, 0.1) is 0 Å². The van der Waals surface area contributed by atoms with E-state index in [1.807, 2.05) is 19.0 Å². The third kappa shape index (κ3) is 5.32. The molecule has 0 spiro atoms. The van der Waals surface area contributed by atoms with Crippen molar-refractivity contribution in [2.75, 3.05) is 34.0 Å². The van der Waals surface area contributed by atoms with E-state index in [1.54, 1.807) is 4.90 Å². The van der Waals surface area contributed by atoms with Gasteiger partial charge < -0.3 is 24.3 Å². The Labute approximate surface area is 106 Å². The van der Waals surface area contributed by atoms with Gasteiger partial charge in [-0.15, -0.1) is 0 Å². The fourth-order valence-corrected chi connectivity index (χ4v) is 2.11. The van der Waals surface area contributed by atoms with Crippen LogP contribution in [0.15, 0.2) is 0 Å². The van der Waals surface area contributed by atoms with Crippen molar-refractivity contribution in [1.29, 1.82) is 0 Å². The summed E-state index contributed by atoms with van der Waals surface area (Å²) in [5.74, 6) is 0. The van der Waals surface area contributed by atoms with Crippen LogP contribution < -0.4 is 0 Å². The fourth-order valence-electron chi connectivity index (χ4n) is 1.92. The molecule has 1 unspecified atom stereocenters. The first kappa shape index (κ1) is 15.4. The number of ether oxygens (including phenoxy) is 1. The van der Waals surface area contributed by atoms with Crippen molar-refractivity contribution in [1.82, 2.24) is 9.80 Å². The highest BCUT2D eigenvalue weighted by Crippen LogP contribution is 2.35.